The van der Waals surface area contributed by atoms with Gasteiger partial charge in [0.25, 0.3) is 0 Å². The molecular formula is C24H24BrN3O2S. The van der Waals surface area contributed by atoms with Crippen LogP contribution in [-0.4, -0.2) is 34.8 Å². The summed E-state index contributed by atoms with van der Waals surface area (Å²) in [5.74, 6) is -0.122. The van der Waals surface area contributed by atoms with E-state index in [4.69, 9.17) is 0 Å². The Morgan fingerprint density at radius 1 is 1.00 bits per heavy atom. The Morgan fingerprint density at radius 2 is 1.81 bits per heavy atom. The zero-order valence-electron chi connectivity index (χ0n) is 17.0. The minimum atomic E-state index is -0.345. The molecule has 1 heterocycles. The lowest BCUT2D eigenvalue weighted by atomic mass is 10.2. The normalized spacial score (nSPS) is 10.4. The lowest BCUT2D eigenvalue weighted by Gasteiger charge is -2.27. The molecule has 0 radical (unpaired) electrons. The molecule has 0 aliphatic carbocycles. The predicted molar refractivity (Wildman–Crippen MR) is 130 cm³/mol. The van der Waals surface area contributed by atoms with Crippen molar-refractivity contribution < 1.29 is 9.59 Å². The van der Waals surface area contributed by atoms with Gasteiger partial charge in [-0.1, -0.05) is 64.5 Å². The highest BCUT2D eigenvalue weighted by molar-refractivity contribution is 9.10. The van der Waals surface area contributed by atoms with Crippen molar-refractivity contribution in [2.45, 2.75) is 13.1 Å². The van der Waals surface area contributed by atoms with Gasteiger partial charge in [-0.05, 0) is 35.2 Å². The molecule has 31 heavy (non-hydrogen) atoms. The van der Waals surface area contributed by atoms with Crippen LogP contribution in [-0.2, 0) is 17.9 Å². The number of amides is 3. The van der Waals surface area contributed by atoms with E-state index in [9.17, 15) is 9.59 Å². The molecule has 0 unspecified atom stereocenters. The van der Waals surface area contributed by atoms with E-state index in [1.807, 2.05) is 66.0 Å². The van der Waals surface area contributed by atoms with E-state index in [1.165, 1.54) is 4.90 Å². The highest BCUT2D eigenvalue weighted by atomic mass is 79.9. The standard InChI is InChI=1S/C24H24BrN3O2S/c1-2-13-27(24(30)26-21-11-6-10-20(25)15-21)18-23(29)28(17-22-12-7-14-31-22)16-19-8-4-3-5-9-19/h2-12,14-15H,1,13,16-18H2,(H,26,30). The summed E-state index contributed by atoms with van der Waals surface area (Å²) in [6.45, 7) is 4.94. The third-order valence-electron chi connectivity index (χ3n) is 4.53. The van der Waals surface area contributed by atoms with Gasteiger partial charge in [0.1, 0.15) is 6.54 Å². The van der Waals surface area contributed by atoms with Crippen molar-refractivity contribution >= 4 is 44.9 Å². The number of urea groups is 1. The molecule has 0 fully saturated rings. The van der Waals surface area contributed by atoms with Gasteiger partial charge in [0, 0.05) is 28.1 Å². The number of nitrogens with one attached hydrogen (secondary N) is 1. The second-order valence-corrected chi connectivity index (χ2v) is 8.87. The number of halogens is 1. The number of rotatable bonds is 9. The SMILES string of the molecule is C=CCN(CC(=O)N(Cc1ccccc1)Cc1cccs1)C(=O)Nc1cccc(Br)c1. The van der Waals surface area contributed by atoms with Crippen LogP contribution in [0.1, 0.15) is 10.4 Å². The van der Waals surface area contributed by atoms with Crippen LogP contribution in [0.3, 0.4) is 0 Å². The van der Waals surface area contributed by atoms with Gasteiger partial charge in [0.15, 0.2) is 0 Å². The Hall–Kier alpha value is -2.90. The van der Waals surface area contributed by atoms with Crippen LogP contribution in [0.4, 0.5) is 10.5 Å². The molecule has 0 atom stereocenters. The molecule has 3 amide bonds. The number of nitrogens with zero attached hydrogens (tertiary/aromatic N) is 2. The van der Waals surface area contributed by atoms with E-state index in [2.05, 4.69) is 27.8 Å². The molecule has 3 aromatic rings. The highest BCUT2D eigenvalue weighted by Gasteiger charge is 2.21. The second-order valence-electron chi connectivity index (χ2n) is 6.92. The number of hydrogen-bond acceptors (Lipinski definition) is 3. The molecule has 0 spiro atoms. The molecule has 160 valence electrons. The Balaban J connectivity index is 1.72. The molecule has 0 bridgehead atoms. The maximum Gasteiger partial charge on any atom is 0.322 e. The summed E-state index contributed by atoms with van der Waals surface area (Å²) >= 11 is 5.01. The average Bonchev–Trinajstić information content (AvgIpc) is 3.27. The van der Waals surface area contributed by atoms with Crippen molar-refractivity contribution in [1.82, 2.24) is 9.80 Å². The van der Waals surface area contributed by atoms with Crippen molar-refractivity contribution in [2.24, 2.45) is 0 Å². The summed E-state index contributed by atoms with van der Waals surface area (Å²) < 4.78 is 0.863. The summed E-state index contributed by atoms with van der Waals surface area (Å²) in [4.78, 5) is 30.4. The van der Waals surface area contributed by atoms with E-state index < -0.39 is 0 Å². The maximum absolute atomic E-state index is 13.2. The Morgan fingerprint density at radius 3 is 2.48 bits per heavy atom. The van der Waals surface area contributed by atoms with Crippen LogP contribution in [0.15, 0.2) is 89.2 Å². The van der Waals surface area contributed by atoms with Gasteiger partial charge in [-0.2, -0.15) is 0 Å². The first-order valence-corrected chi connectivity index (χ1v) is 11.5. The molecule has 0 aliphatic rings. The van der Waals surface area contributed by atoms with E-state index in [-0.39, 0.29) is 25.0 Å². The quantitative estimate of drug-likeness (QED) is 0.382. The third kappa shape index (κ3) is 7.08. The van der Waals surface area contributed by atoms with Crippen molar-refractivity contribution in [3.05, 3.63) is 99.7 Å². The highest BCUT2D eigenvalue weighted by Crippen LogP contribution is 2.17. The number of hydrogen-bond donors (Lipinski definition) is 1. The maximum atomic E-state index is 13.2. The van der Waals surface area contributed by atoms with Gasteiger partial charge in [-0.25, -0.2) is 4.79 Å². The van der Waals surface area contributed by atoms with Gasteiger partial charge < -0.3 is 15.1 Å². The van der Waals surface area contributed by atoms with Crippen molar-refractivity contribution in [1.29, 1.82) is 0 Å². The fourth-order valence-electron chi connectivity index (χ4n) is 3.03. The average molecular weight is 498 g/mol. The predicted octanol–water partition coefficient (Wildman–Crippen LogP) is 5.76. The number of carbonyl (C=O) groups is 2. The topological polar surface area (TPSA) is 52.7 Å². The third-order valence-corrected chi connectivity index (χ3v) is 5.89. The van der Waals surface area contributed by atoms with E-state index in [0.29, 0.717) is 18.8 Å². The minimum absolute atomic E-state index is 0.0376. The first kappa shape index (κ1) is 22.8. The number of carbonyl (C=O) groups excluding carboxylic acids is 2. The Labute approximate surface area is 195 Å². The fourth-order valence-corrected chi connectivity index (χ4v) is 4.15. The summed E-state index contributed by atoms with van der Waals surface area (Å²) in [6.07, 6.45) is 1.62. The largest absolute Gasteiger partial charge is 0.332 e. The summed E-state index contributed by atoms with van der Waals surface area (Å²) in [6, 6.07) is 20.8. The van der Waals surface area contributed by atoms with Crippen LogP contribution >= 0.6 is 27.3 Å². The minimum Gasteiger partial charge on any atom is -0.332 e. The smallest absolute Gasteiger partial charge is 0.322 e. The van der Waals surface area contributed by atoms with E-state index in [1.54, 1.807) is 28.4 Å². The Kier molecular flexibility index (Phi) is 8.44. The monoisotopic (exact) mass is 497 g/mol. The lowest BCUT2D eigenvalue weighted by Crippen LogP contribution is -2.44. The van der Waals surface area contributed by atoms with Crippen molar-refractivity contribution in [2.75, 3.05) is 18.4 Å². The summed E-state index contributed by atoms with van der Waals surface area (Å²) in [5, 5.41) is 4.84. The van der Waals surface area contributed by atoms with E-state index in [0.717, 1.165) is 14.9 Å². The van der Waals surface area contributed by atoms with Gasteiger partial charge in [-0.15, -0.1) is 17.9 Å². The molecule has 1 aromatic heterocycles. The van der Waals surface area contributed by atoms with Gasteiger partial charge >= 0.3 is 6.03 Å². The molecule has 1 N–H and O–H groups in total. The van der Waals surface area contributed by atoms with Crippen LogP contribution in [0.5, 0.6) is 0 Å². The van der Waals surface area contributed by atoms with Crippen LogP contribution < -0.4 is 5.32 Å². The van der Waals surface area contributed by atoms with Crippen LogP contribution in [0.2, 0.25) is 0 Å². The van der Waals surface area contributed by atoms with Crippen molar-refractivity contribution in [3.8, 4) is 0 Å². The molecule has 7 heteroatoms. The zero-order valence-corrected chi connectivity index (χ0v) is 19.4. The van der Waals surface area contributed by atoms with Gasteiger partial charge in [-0.3, -0.25) is 4.79 Å². The van der Waals surface area contributed by atoms with Crippen LogP contribution in [0.25, 0.3) is 0 Å². The molecule has 3 rings (SSSR count). The first-order chi connectivity index (χ1) is 15.0. The van der Waals surface area contributed by atoms with Gasteiger partial charge in [0.05, 0.1) is 6.54 Å². The number of anilines is 1. The molecular weight excluding hydrogens is 474 g/mol. The second kappa shape index (κ2) is 11.5. The number of thiophene rings is 1. The Bertz CT molecular complexity index is 1010. The molecule has 0 aliphatic heterocycles. The van der Waals surface area contributed by atoms with Crippen LogP contribution in [0, 0.1) is 0 Å². The fraction of sp³-hybridized carbons (Fsp3) is 0.167. The van der Waals surface area contributed by atoms with Gasteiger partial charge in [0.2, 0.25) is 5.91 Å². The summed E-state index contributed by atoms with van der Waals surface area (Å²) in [7, 11) is 0. The lowest BCUT2D eigenvalue weighted by molar-refractivity contribution is -0.132. The number of benzene rings is 2. The molecule has 2 aromatic carbocycles. The first-order valence-electron chi connectivity index (χ1n) is 9.81. The summed E-state index contributed by atoms with van der Waals surface area (Å²) in [5.41, 5.74) is 1.70. The van der Waals surface area contributed by atoms with E-state index >= 15 is 0 Å². The zero-order chi connectivity index (χ0) is 22.1. The van der Waals surface area contributed by atoms with Crippen molar-refractivity contribution in [3.63, 3.8) is 0 Å². The molecule has 5 nitrogen and oxygen atoms in total. The molecule has 0 saturated carbocycles. The molecule has 0 saturated heterocycles.